The molecule has 0 bridgehead atoms. The molecule has 0 aliphatic rings. The molecular weight excluding hydrogens is 391 g/mol. The minimum atomic E-state index is -0.246. The van der Waals surface area contributed by atoms with Crippen molar-refractivity contribution < 1.29 is 9.13 Å². The minimum absolute atomic E-state index is 0.246. The van der Waals surface area contributed by atoms with Gasteiger partial charge in [0, 0.05) is 12.1 Å². The lowest BCUT2D eigenvalue weighted by Crippen LogP contribution is -2.17. The molecule has 4 aromatic rings. The molecule has 1 N–H and O–H groups in total. The largest absolute Gasteiger partial charge is 0.497 e. The molecule has 4 rings (SSSR count). The number of benzene rings is 3. The molecule has 0 aliphatic heterocycles. The van der Waals surface area contributed by atoms with Gasteiger partial charge in [0.2, 0.25) is 0 Å². The lowest BCUT2D eigenvalue weighted by molar-refractivity contribution is 0.414. The Balaban J connectivity index is 1.44. The summed E-state index contributed by atoms with van der Waals surface area (Å²) >= 11 is 0. The van der Waals surface area contributed by atoms with Crippen molar-refractivity contribution >= 4 is 0 Å². The second-order valence-electron chi connectivity index (χ2n) is 7.29. The van der Waals surface area contributed by atoms with Crippen molar-refractivity contribution in [2.45, 2.75) is 19.5 Å². The Labute approximate surface area is 181 Å². The predicted molar refractivity (Wildman–Crippen MR) is 119 cm³/mol. The van der Waals surface area contributed by atoms with Crippen LogP contribution in [-0.2, 0) is 19.5 Å². The van der Waals surface area contributed by atoms with E-state index in [-0.39, 0.29) is 5.82 Å². The summed E-state index contributed by atoms with van der Waals surface area (Å²) in [5.74, 6) is 0.617. The van der Waals surface area contributed by atoms with Gasteiger partial charge in [-0.15, -0.1) is 0 Å². The van der Waals surface area contributed by atoms with Crippen LogP contribution in [0.15, 0.2) is 78.9 Å². The van der Waals surface area contributed by atoms with Crippen LogP contribution in [0.5, 0.6) is 5.75 Å². The zero-order chi connectivity index (χ0) is 21.5. The number of nitrogens with one attached hydrogen (secondary N) is 1. The van der Waals surface area contributed by atoms with E-state index in [1.165, 1.54) is 17.7 Å². The first-order chi connectivity index (χ1) is 15.2. The van der Waals surface area contributed by atoms with Crippen LogP contribution in [-0.4, -0.2) is 28.6 Å². The summed E-state index contributed by atoms with van der Waals surface area (Å²) in [7, 11) is 1.67. The molecule has 0 amide bonds. The molecule has 31 heavy (non-hydrogen) atoms. The van der Waals surface area contributed by atoms with Crippen molar-refractivity contribution in [3.8, 4) is 17.0 Å². The smallest absolute Gasteiger partial charge is 0.123 e. The number of rotatable bonds is 9. The van der Waals surface area contributed by atoms with Gasteiger partial charge in [-0.2, -0.15) is 15.0 Å². The summed E-state index contributed by atoms with van der Waals surface area (Å²) in [5, 5.41) is 12.9. The van der Waals surface area contributed by atoms with Crippen molar-refractivity contribution in [1.29, 1.82) is 0 Å². The molecule has 5 nitrogen and oxygen atoms in total. The van der Waals surface area contributed by atoms with Gasteiger partial charge in [0.05, 0.1) is 13.7 Å². The molecule has 0 radical (unpaired) electrons. The maximum absolute atomic E-state index is 13.2. The van der Waals surface area contributed by atoms with E-state index in [1.807, 2.05) is 42.5 Å². The van der Waals surface area contributed by atoms with Gasteiger partial charge in [-0.25, -0.2) is 4.39 Å². The number of hydrogen-bond acceptors (Lipinski definition) is 4. The van der Waals surface area contributed by atoms with Gasteiger partial charge < -0.3 is 10.1 Å². The van der Waals surface area contributed by atoms with Crippen LogP contribution >= 0.6 is 0 Å². The SMILES string of the molecule is COc1ccc(CCNCc2nn(Cc3ccc(F)cc3)nc2-c2ccccc2)cc1. The molecule has 0 saturated heterocycles. The zero-order valence-electron chi connectivity index (χ0n) is 17.5. The van der Waals surface area contributed by atoms with E-state index in [4.69, 9.17) is 14.9 Å². The Bertz CT molecular complexity index is 1090. The van der Waals surface area contributed by atoms with Gasteiger partial charge >= 0.3 is 0 Å². The predicted octanol–water partition coefficient (Wildman–Crippen LogP) is 4.47. The van der Waals surface area contributed by atoms with Crippen molar-refractivity contribution in [1.82, 2.24) is 20.3 Å². The topological polar surface area (TPSA) is 52.0 Å². The van der Waals surface area contributed by atoms with Gasteiger partial charge in [0.1, 0.15) is 23.0 Å². The van der Waals surface area contributed by atoms with Crippen LogP contribution in [0.4, 0.5) is 4.39 Å². The monoisotopic (exact) mass is 416 g/mol. The van der Waals surface area contributed by atoms with E-state index in [0.717, 1.165) is 41.2 Å². The molecule has 0 fully saturated rings. The van der Waals surface area contributed by atoms with Gasteiger partial charge in [-0.3, -0.25) is 0 Å². The standard InChI is InChI=1S/C25H25FN4O/c1-31-23-13-9-19(10-14-23)15-16-27-17-24-25(21-5-3-2-4-6-21)29-30(28-24)18-20-7-11-22(26)12-8-20/h2-14,27H,15-18H2,1H3. The number of hydrogen-bond donors (Lipinski definition) is 1. The Hall–Kier alpha value is -3.51. The summed E-state index contributed by atoms with van der Waals surface area (Å²) in [6.07, 6.45) is 0.911. The Kier molecular flexibility index (Phi) is 6.69. The lowest BCUT2D eigenvalue weighted by atomic mass is 10.1. The average molecular weight is 417 g/mol. The van der Waals surface area contributed by atoms with Crippen LogP contribution in [0.3, 0.4) is 0 Å². The van der Waals surface area contributed by atoms with Crippen LogP contribution in [0.25, 0.3) is 11.3 Å². The quantitative estimate of drug-likeness (QED) is 0.409. The first-order valence-corrected chi connectivity index (χ1v) is 10.3. The van der Waals surface area contributed by atoms with Crippen LogP contribution < -0.4 is 10.1 Å². The first kappa shape index (κ1) is 20.8. The van der Waals surface area contributed by atoms with Crippen LogP contribution in [0.2, 0.25) is 0 Å². The molecule has 158 valence electrons. The van der Waals surface area contributed by atoms with Gasteiger partial charge in [-0.05, 0) is 48.4 Å². The summed E-state index contributed by atoms with van der Waals surface area (Å²) < 4.78 is 18.4. The van der Waals surface area contributed by atoms with Crippen LogP contribution in [0, 0.1) is 5.82 Å². The lowest BCUT2D eigenvalue weighted by Gasteiger charge is -2.06. The van der Waals surface area contributed by atoms with E-state index in [2.05, 4.69) is 17.4 Å². The Morgan fingerprint density at radius 2 is 1.58 bits per heavy atom. The third-order valence-corrected chi connectivity index (χ3v) is 5.05. The molecule has 3 aromatic carbocycles. The van der Waals surface area contributed by atoms with E-state index < -0.39 is 0 Å². The second-order valence-corrected chi connectivity index (χ2v) is 7.29. The number of nitrogens with zero attached hydrogens (tertiary/aromatic N) is 3. The molecule has 0 unspecified atom stereocenters. The highest BCUT2D eigenvalue weighted by Gasteiger charge is 2.13. The second kappa shape index (κ2) is 10.00. The highest BCUT2D eigenvalue weighted by molar-refractivity contribution is 5.60. The molecule has 0 aliphatic carbocycles. The van der Waals surface area contributed by atoms with Gasteiger partial charge in [0.15, 0.2) is 0 Å². The fourth-order valence-corrected chi connectivity index (χ4v) is 3.38. The molecule has 0 spiro atoms. The molecule has 1 heterocycles. The average Bonchev–Trinajstić information content (AvgIpc) is 3.22. The first-order valence-electron chi connectivity index (χ1n) is 10.3. The fraction of sp³-hybridized carbons (Fsp3) is 0.200. The molecule has 0 atom stereocenters. The summed E-state index contributed by atoms with van der Waals surface area (Å²) in [4.78, 5) is 1.68. The van der Waals surface area contributed by atoms with Crippen LogP contribution in [0.1, 0.15) is 16.8 Å². The molecule has 0 saturated carbocycles. The van der Waals surface area contributed by atoms with Gasteiger partial charge in [-0.1, -0.05) is 54.6 Å². The Morgan fingerprint density at radius 3 is 2.29 bits per heavy atom. The maximum atomic E-state index is 13.2. The van der Waals surface area contributed by atoms with E-state index in [0.29, 0.717) is 13.1 Å². The molecule has 1 aromatic heterocycles. The highest BCUT2D eigenvalue weighted by Crippen LogP contribution is 2.20. The van der Waals surface area contributed by atoms with E-state index >= 15 is 0 Å². The third-order valence-electron chi connectivity index (χ3n) is 5.05. The number of aromatic nitrogens is 3. The summed E-state index contributed by atoms with van der Waals surface area (Å²) in [5.41, 5.74) is 4.98. The summed E-state index contributed by atoms with van der Waals surface area (Å²) in [6.45, 7) is 1.93. The number of methoxy groups -OCH3 is 1. The third kappa shape index (κ3) is 5.55. The van der Waals surface area contributed by atoms with Gasteiger partial charge in [0.25, 0.3) is 0 Å². The van der Waals surface area contributed by atoms with E-state index in [9.17, 15) is 4.39 Å². The van der Waals surface area contributed by atoms with Crippen molar-refractivity contribution in [2.24, 2.45) is 0 Å². The minimum Gasteiger partial charge on any atom is -0.497 e. The number of halogens is 1. The van der Waals surface area contributed by atoms with Crippen molar-refractivity contribution in [2.75, 3.05) is 13.7 Å². The zero-order valence-corrected chi connectivity index (χ0v) is 17.5. The van der Waals surface area contributed by atoms with E-state index in [1.54, 1.807) is 24.0 Å². The Morgan fingerprint density at radius 1 is 0.871 bits per heavy atom. The highest BCUT2D eigenvalue weighted by atomic mass is 19.1. The normalized spacial score (nSPS) is 10.9. The number of ether oxygens (including phenoxy) is 1. The molecule has 6 heteroatoms. The molecular formula is C25H25FN4O. The fourth-order valence-electron chi connectivity index (χ4n) is 3.38. The van der Waals surface area contributed by atoms with Crippen molar-refractivity contribution in [3.63, 3.8) is 0 Å². The maximum Gasteiger partial charge on any atom is 0.123 e. The summed E-state index contributed by atoms with van der Waals surface area (Å²) in [6, 6.07) is 24.6. The van der Waals surface area contributed by atoms with Crippen molar-refractivity contribution in [3.05, 3.63) is 102 Å².